The molecular weight excluding hydrogens is 647 g/mol. The van der Waals surface area contributed by atoms with E-state index >= 15 is 0 Å². The molecule has 240 valence electrons. The number of sulfonamides is 1. The number of nitrogens with zero attached hydrogens (tertiary/aromatic N) is 1. The van der Waals surface area contributed by atoms with Gasteiger partial charge in [-0.1, -0.05) is 76.2 Å². The van der Waals surface area contributed by atoms with Gasteiger partial charge in [0.25, 0.3) is 15.9 Å². The molecule has 0 radical (unpaired) electrons. The van der Waals surface area contributed by atoms with E-state index in [0.717, 1.165) is 36.0 Å². The van der Waals surface area contributed by atoms with E-state index in [1.54, 1.807) is 30.3 Å². The van der Waals surface area contributed by atoms with Crippen molar-refractivity contribution in [2.24, 2.45) is 5.92 Å². The Hall–Kier alpha value is -4.09. The van der Waals surface area contributed by atoms with Crippen molar-refractivity contribution >= 4 is 50.7 Å². The lowest BCUT2D eigenvalue weighted by molar-refractivity contribution is -0.123. The van der Waals surface area contributed by atoms with Crippen LogP contribution < -0.4 is 25.3 Å². The fourth-order valence-electron chi connectivity index (χ4n) is 5.06. The molecule has 3 N–H and O–H groups in total. The molecule has 5 rings (SSSR count). The third-order valence-corrected chi connectivity index (χ3v) is 9.72. The molecule has 4 aromatic carbocycles. The van der Waals surface area contributed by atoms with Gasteiger partial charge in [-0.3, -0.25) is 9.59 Å². The second-order valence-electron chi connectivity index (χ2n) is 10.9. The molecule has 1 saturated heterocycles. The highest BCUT2D eigenvalue weighted by Crippen LogP contribution is 2.32. The molecule has 1 unspecified atom stereocenters. The van der Waals surface area contributed by atoms with Crippen LogP contribution in [-0.2, 0) is 21.2 Å². The summed E-state index contributed by atoms with van der Waals surface area (Å²) < 4.78 is 28.5. The summed E-state index contributed by atoms with van der Waals surface area (Å²) in [6, 6.07) is 26.7. The Morgan fingerprint density at radius 2 is 1.54 bits per heavy atom. The maximum absolute atomic E-state index is 13.8. The van der Waals surface area contributed by atoms with Crippen LogP contribution in [-0.4, -0.2) is 45.9 Å². The molecule has 1 aliphatic heterocycles. The van der Waals surface area contributed by atoms with Crippen molar-refractivity contribution in [1.29, 1.82) is 0 Å². The zero-order chi connectivity index (χ0) is 32.5. The molecule has 1 atom stereocenters. The summed E-state index contributed by atoms with van der Waals surface area (Å²) in [4.78, 5) is 32.3. The van der Waals surface area contributed by atoms with Gasteiger partial charge in [-0.25, -0.2) is 0 Å². The maximum Gasteiger partial charge on any atom is 0.295 e. The van der Waals surface area contributed by atoms with E-state index in [2.05, 4.69) is 16.0 Å². The summed E-state index contributed by atoms with van der Waals surface area (Å²) in [5.74, 6) is -0.322. The van der Waals surface area contributed by atoms with Crippen molar-refractivity contribution in [1.82, 2.24) is 16.0 Å². The quantitative estimate of drug-likeness (QED) is 0.167. The SMILES string of the molecule is O=C(NC(Cc1ccccc1)C(=O)NCC1CCNCC1)c1ccc(S(=O)(=O)N(Oc2ccc(Cl)cc2Cl)c2ccccc2)cc1. The minimum absolute atomic E-state index is 0.0809. The second kappa shape index (κ2) is 15.5. The summed E-state index contributed by atoms with van der Waals surface area (Å²) >= 11 is 12.3. The number of benzene rings is 4. The van der Waals surface area contributed by atoms with E-state index in [-0.39, 0.29) is 32.8 Å². The second-order valence-corrected chi connectivity index (χ2v) is 13.5. The Morgan fingerprint density at radius 1 is 0.891 bits per heavy atom. The number of amides is 2. The van der Waals surface area contributed by atoms with Crippen LogP contribution >= 0.6 is 23.2 Å². The molecule has 4 aromatic rings. The number of halogens is 2. The average Bonchev–Trinajstić information content (AvgIpc) is 3.08. The number of carbonyl (C=O) groups excluding carboxylic acids is 2. The van der Waals surface area contributed by atoms with Gasteiger partial charge in [0, 0.05) is 23.6 Å². The first kappa shape index (κ1) is 33.3. The highest BCUT2D eigenvalue weighted by atomic mass is 35.5. The van der Waals surface area contributed by atoms with Gasteiger partial charge >= 0.3 is 0 Å². The van der Waals surface area contributed by atoms with Crippen LogP contribution in [0.15, 0.2) is 108 Å². The number of nitrogens with one attached hydrogen (secondary N) is 3. The summed E-state index contributed by atoms with van der Waals surface area (Å²) in [5, 5.41) is 9.67. The molecule has 1 aliphatic rings. The number of hydrogen-bond acceptors (Lipinski definition) is 6. The van der Waals surface area contributed by atoms with Gasteiger partial charge in [-0.05, 0) is 92.0 Å². The van der Waals surface area contributed by atoms with E-state index < -0.39 is 22.0 Å². The molecule has 2 amide bonds. The van der Waals surface area contributed by atoms with Crippen molar-refractivity contribution in [3.8, 4) is 5.75 Å². The van der Waals surface area contributed by atoms with E-state index in [1.165, 1.54) is 42.5 Å². The van der Waals surface area contributed by atoms with Crippen molar-refractivity contribution in [3.05, 3.63) is 124 Å². The van der Waals surface area contributed by atoms with Crippen molar-refractivity contribution < 1.29 is 22.8 Å². The smallest absolute Gasteiger partial charge is 0.295 e. The molecule has 0 bridgehead atoms. The Kier molecular flexibility index (Phi) is 11.2. The monoisotopic (exact) mass is 680 g/mol. The fourth-order valence-corrected chi connectivity index (χ4v) is 6.75. The predicted octanol–water partition coefficient (Wildman–Crippen LogP) is 5.64. The number of para-hydroxylation sites is 1. The molecule has 0 spiro atoms. The molecule has 0 aliphatic carbocycles. The van der Waals surface area contributed by atoms with Gasteiger partial charge in [-0.15, -0.1) is 0 Å². The van der Waals surface area contributed by atoms with Gasteiger partial charge in [-0.2, -0.15) is 8.42 Å². The fraction of sp³-hybridized carbons (Fsp3) is 0.235. The number of rotatable bonds is 12. The maximum atomic E-state index is 13.8. The summed E-state index contributed by atoms with van der Waals surface area (Å²) in [6.07, 6.45) is 2.25. The molecule has 12 heteroatoms. The van der Waals surface area contributed by atoms with Crippen LogP contribution in [0.2, 0.25) is 10.0 Å². The van der Waals surface area contributed by atoms with Gasteiger partial charge in [0.05, 0.1) is 15.6 Å². The minimum Gasteiger partial charge on any atom is -0.363 e. The Balaban J connectivity index is 1.33. The molecular formula is C34H34Cl2N4O5S. The van der Waals surface area contributed by atoms with Gasteiger partial charge < -0.3 is 20.8 Å². The standard InChI is InChI=1S/C34H34Cl2N4O5S/c35-27-13-16-32(30(36)22-27)45-40(28-9-5-2-6-10-28)46(43,44)29-14-11-26(12-15-29)33(41)39-31(21-24-7-3-1-4-8-24)34(42)38-23-25-17-19-37-20-18-25/h1-16,22,25,31,37H,17-21,23H2,(H,38,42)(H,39,41). The first-order valence-electron chi connectivity index (χ1n) is 14.9. The Bertz CT molecular complexity index is 1740. The number of piperidine rings is 1. The molecule has 0 aromatic heterocycles. The van der Waals surface area contributed by atoms with E-state index in [9.17, 15) is 18.0 Å². The van der Waals surface area contributed by atoms with Crippen LogP contribution in [0.5, 0.6) is 5.75 Å². The highest BCUT2D eigenvalue weighted by molar-refractivity contribution is 7.92. The van der Waals surface area contributed by atoms with Crippen LogP contribution in [0.25, 0.3) is 0 Å². The lowest BCUT2D eigenvalue weighted by atomic mass is 9.98. The van der Waals surface area contributed by atoms with Crippen LogP contribution in [0, 0.1) is 5.92 Å². The van der Waals surface area contributed by atoms with E-state index in [4.69, 9.17) is 28.0 Å². The summed E-state index contributed by atoms with van der Waals surface area (Å²) in [5.41, 5.74) is 1.32. The predicted molar refractivity (Wildman–Crippen MR) is 180 cm³/mol. The Morgan fingerprint density at radius 3 is 2.20 bits per heavy atom. The Labute approximate surface area is 278 Å². The molecule has 9 nitrogen and oxygen atoms in total. The molecule has 46 heavy (non-hydrogen) atoms. The largest absolute Gasteiger partial charge is 0.363 e. The lowest BCUT2D eigenvalue weighted by Crippen LogP contribution is -2.49. The zero-order valence-electron chi connectivity index (χ0n) is 24.9. The number of hydrogen-bond donors (Lipinski definition) is 3. The lowest BCUT2D eigenvalue weighted by Gasteiger charge is -2.25. The third kappa shape index (κ3) is 8.58. The molecule has 1 heterocycles. The summed E-state index contributed by atoms with van der Waals surface area (Å²) in [6.45, 7) is 2.37. The first-order chi connectivity index (χ1) is 22.2. The van der Waals surface area contributed by atoms with Crippen LogP contribution in [0.4, 0.5) is 5.69 Å². The normalized spacial score (nSPS) is 14.2. The van der Waals surface area contributed by atoms with Gasteiger partial charge in [0.15, 0.2) is 5.75 Å². The van der Waals surface area contributed by atoms with Crippen LogP contribution in [0.3, 0.4) is 0 Å². The zero-order valence-corrected chi connectivity index (χ0v) is 27.2. The first-order valence-corrected chi connectivity index (χ1v) is 17.1. The summed E-state index contributed by atoms with van der Waals surface area (Å²) in [7, 11) is -4.30. The molecule has 0 saturated carbocycles. The highest BCUT2D eigenvalue weighted by Gasteiger charge is 2.29. The van der Waals surface area contributed by atoms with Crippen molar-refractivity contribution in [3.63, 3.8) is 0 Å². The van der Waals surface area contributed by atoms with Gasteiger partial charge in [0.2, 0.25) is 5.91 Å². The van der Waals surface area contributed by atoms with E-state index in [0.29, 0.717) is 23.9 Å². The average molecular weight is 682 g/mol. The van der Waals surface area contributed by atoms with Gasteiger partial charge in [0.1, 0.15) is 6.04 Å². The van der Waals surface area contributed by atoms with Crippen molar-refractivity contribution in [2.45, 2.75) is 30.2 Å². The van der Waals surface area contributed by atoms with Crippen LogP contribution in [0.1, 0.15) is 28.8 Å². The topological polar surface area (TPSA) is 117 Å². The number of anilines is 1. The van der Waals surface area contributed by atoms with E-state index in [1.807, 2.05) is 30.3 Å². The number of carbonyl (C=O) groups is 2. The van der Waals surface area contributed by atoms with Crippen molar-refractivity contribution in [2.75, 3.05) is 24.1 Å². The third-order valence-electron chi connectivity index (χ3n) is 7.60. The molecule has 1 fully saturated rings. The minimum atomic E-state index is -4.30.